The van der Waals surface area contributed by atoms with E-state index in [1.807, 2.05) is 19.4 Å². The van der Waals surface area contributed by atoms with Gasteiger partial charge in [-0.25, -0.2) is 0 Å². The van der Waals surface area contributed by atoms with Crippen molar-refractivity contribution in [2.24, 2.45) is 17.8 Å². The average molecular weight is 301 g/mol. The standard InChI is InChI=1S/C20H30.C2H6/c1-3-15-5-8-17(9-6-15)19-12-11-18-13-16(4-2)7-10-20(18)14-19;1-2/h3,13,15,17,19H,1,4-12,14H2,2H3;1-2H3. The van der Waals surface area contributed by atoms with E-state index in [1.54, 1.807) is 11.1 Å². The second-order valence-electron chi connectivity index (χ2n) is 7.20. The molecule has 0 saturated heterocycles. The van der Waals surface area contributed by atoms with Crippen LogP contribution in [0.3, 0.4) is 0 Å². The molecule has 124 valence electrons. The fourth-order valence-electron chi connectivity index (χ4n) is 4.67. The smallest absolute Gasteiger partial charge is 0.0236 e. The van der Waals surface area contributed by atoms with E-state index < -0.39 is 0 Å². The summed E-state index contributed by atoms with van der Waals surface area (Å²) in [6.45, 7) is 10.3. The van der Waals surface area contributed by atoms with Gasteiger partial charge in [0.05, 0.1) is 0 Å². The second-order valence-corrected chi connectivity index (χ2v) is 7.20. The predicted octanol–water partition coefficient (Wildman–Crippen LogP) is 7.23. The van der Waals surface area contributed by atoms with Crippen LogP contribution in [-0.4, -0.2) is 0 Å². The van der Waals surface area contributed by atoms with E-state index in [1.165, 1.54) is 64.2 Å². The maximum Gasteiger partial charge on any atom is -0.0236 e. The molecule has 1 fully saturated rings. The number of rotatable bonds is 3. The second kappa shape index (κ2) is 8.75. The van der Waals surface area contributed by atoms with Gasteiger partial charge in [0.15, 0.2) is 0 Å². The van der Waals surface area contributed by atoms with Gasteiger partial charge in [0.1, 0.15) is 0 Å². The van der Waals surface area contributed by atoms with Crippen molar-refractivity contribution in [2.75, 3.05) is 0 Å². The third-order valence-electron chi connectivity index (χ3n) is 6.14. The van der Waals surface area contributed by atoms with Gasteiger partial charge in [0.2, 0.25) is 0 Å². The summed E-state index contributed by atoms with van der Waals surface area (Å²) < 4.78 is 0. The van der Waals surface area contributed by atoms with Gasteiger partial charge in [0, 0.05) is 0 Å². The summed E-state index contributed by atoms with van der Waals surface area (Å²) >= 11 is 0. The van der Waals surface area contributed by atoms with Crippen LogP contribution in [0.15, 0.2) is 35.5 Å². The number of hydrogen-bond acceptors (Lipinski definition) is 0. The minimum absolute atomic E-state index is 0.814. The van der Waals surface area contributed by atoms with Crippen LogP contribution in [0.2, 0.25) is 0 Å². The molecule has 0 amide bonds. The average Bonchev–Trinajstić information content (AvgIpc) is 2.62. The highest BCUT2D eigenvalue weighted by atomic mass is 14.4. The largest absolute Gasteiger partial charge is 0.103 e. The molecule has 0 aliphatic heterocycles. The van der Waals surface area contributed by atoms with Crippen molar-refractivity contribution < 1.29 is 0 Å². The lowest BCUT2D eigenvalue weighted by molar-refractivity contribution is 0.205. The first-order valence-electron chi connectivity index (χ1n) is 9.83. The van der Waals surface area contributed by atoms with Gasteiger partial charge >= 0.3 is 0 Å². The molecule has 22 heavy (non-hydrogen) atoms. The fraction of sp³-hybridized carbons (Fsp3) is 0.727. The van der Waals surface area contributed by atoms with Crippen LogP contribution in [-0.2, 0) is 0 Å². The highest BCUT2D eigenvalue weighted by Gasteiger charge is 2.30. The zero-order chi connectivity index (χ0) is 15.9. The highest BCUT2D eigenvalue weighted by Crippen LogP contribution is 2.44. The Bertz CT molecular complexity index is 415. The first-order valence-corrected chi connectivity index (χ1v) is 9.83. The van der Waals surface area contributed by atoms with Crippen molar-refractivity contribution >= 4 is 0 Å². The third kappa shape index (κ3) is 4.15. The van der Waals surface area contributed by atoms with Gasteiger partial charge in [-0.3, -0.25) is 0 Å². The Morgan fingerprint density at radius 3 is 2.36 bits per heavy atom. The molecule has 0 aromatic rings. The van der Waals surface area contributed by atoms with Crippen LogP contribution in [0, 0.1) is 17.8 Å². The van der Waals surface area contributed by atoms with Gasteiger partial charge in [0.25, 0.3) is 0 Å². The summed E-state index contributed by atoms with van der Waals surface area (Å²) in [4.78, 5) is 0. The predicted molar refractivity (Wildman–Crippen MR) is 99.0 cm³/mol. The van der Waals surface area contributed by atoms with E-state index in [0.717, 1.165) is 17.8 Å². The topological polar surface area (TPSA) is 0 Å². The zero-order valence-corrected chi connectivity index (χ0v) is 15.2. The van der Waals surface area contributed by atoms with E-state index in [-0.39, 0.29) is 0 Å². The van der Waals surface area contributed by atoms with Gasteiger partial charge in [-0.2, -0.15) is 0 Å². The Labute approximate surface area is 138 Å². The maximum atomic E-state index is 3.98. The van der Waals surface area contributed by atoms with Crippen molar-refractivity contribution in [3.63, 3.8) is 0 Å². The Balaban J connectivity index is 0.000000847. The van der Waals surface area contributed by atoms with Crippen LogP contribution < -0.4 is 0 Å². The van der Waals surface area contributed by atoms with E-state index in [2.05, 4.69) is 25.7 Å². The molecule has 3 aliphatic rings. The lowest BCUT2D eigenvalue weighted by atomic mass is 9.68. The van der Waals surface area contributed by atoms with Crippen molar-refractivity contribution in [2.45, 2.75) is 85.0 Å². The Morgan fingerprint density at radius 2 is 1.73 bits per heavy atom. The number of allylic oxidation sites excluding steroid dienone is 5. The van der Waals surface area contributed by atoms with Gasteiger partial charge in [-0.05, 0) is 87.5 Å². The van der Waals surface area contributed by atoms with Crippen LogP contribution in [0.1, 0.15) is 85.0 Å². The van der Waals surface area contributed by atoms with Gasteiger partial charge in [-0.15, -0.1) is 6.58 Å². The molecule has 0 aromatic carbocycles. The van der Waals surface area contributed by atoms with Crippen LogP contribution in [0.5, 0.6) is 0 Å². The number of hydrogen-bond donors (Lipinski definition) is 0. The van der Waals surface area contributed by atoms with Gasteiger partial charge in [-0.1, -0.05) is 44.1 Å². The normalized spacial score (nSPS) is 31.6. The van der Waals surface area contributed by atoms with E-state index in [0.29, 0.717) is 0 Å². The van der Waals surface area contributed by atoms with Crippen molar-refractivity contribution in [1.29, 1.82) is 0 Å². The lowest BCUT2D eigenvalue weighted by Crippen LogP contribution is -2.24. The molecule has 0 bridgehead atoms. The molecule has 1 unspecified atom stereocenters. The van der Waals surface area contributed by atoms with Crippen molar-refractivity contribution in [3.8, 4) is 0 Å². The molecule has 0 spiro atoms. The monoisotopic (exact) mass is 300 g/mol. The first kappa shape index (κ1) is 17.6. The first-order chi connectivity index (χ1) is 10.8. The van der Waals surface area contributed by atoms with E-state index in [9.17, 15) is 0 Å². The van der Waals surface area contributed by atoms with E-state index in [4.69, 9.17) is 0 Å². The van der Waals surface area contributed by atoms with Crippen molar-refractivity contribution in [1.82, 2.24) is 0 Å². The van der Waals surface area contributed by atoms with Crippen LogP contribution >= 0.6 is 0 Å². The summed E-state index contributed by atoms with van der Waals surface area (Å²) in [5.41, 5.74) is 5.24. The summed E-state index contributed by atoms with van der Waals surface area (Å²) in [5, 5.41) is 0. The molecule has 0 aromatic heterocycles. The van der Waals surface area contributed by atoms with E-state index >= 15 is 0 Å². The van der Waals surface area contributed by atoms with Crippen molar-refractivity contribution in [3.05, 3.63) is 35.5 Å². The molecule has 3 aliphatic carbocycles. The van der Waals surface area contributed by atoms with Crippen LogP contribution in [0.4, 0.5) is 0 Å². The summed E-state index contributed by atoms with van der Waals surface area (Å²) in [6.07, 6.45) is 18.7. The van der Waals surface area contributed by atoms with Crippen LogP contribution in [0.25, 0.3) is 0 Å². The SMILES string of the molecule is C=CC1CCC(C2CCC3=C(CCC(CC)=C3)C2)CC1.CC. The molecule has 0 nitrogen and oxygen atoms in total. The molecule has 0 heteroatoms. The lowest BCUT2D eigenvalue weighted by Gasteiger charge is -2.37. The Hall–Kier alpha value is -0.780. The molecule has 1 saturated carbocycles. The molecular weight excluding hydrogens is 264 g/mol. The summed E-state index contributed by atoms with van der Waals surface area (Å²) in [5.74, 6) is 2.82. The molecule has 1 atom stereocenters. The molecule has 0 N–H and O–H groups in total. The summed E-state index contributed by atoms with van der Waals surface area (Å²) in [7, 11) is 0. The molecule has 3 rings (SSSR count). The zero-order valence-electron chi connectivity index (χ0n) is 15.2. The molecule has 0 heterocycles. The molecular formula is C22H36. The highest BCUT2D eigenvalue weighted by molar-refractivity contribution is 5.35. The minimum atomic E-state index is 0.814. The Morgan fingerprint density at radius 1 is 1.00 bits per heavy atom. The maximum absolute atomic E-state index is 3.98. The minimum Gasteiger partial charge on any atom is -0.103 e. The Kier molecular flexibility index (Phi) is 6.99. The quantitative estimate of drug-likeness (QED) is 0.482. The fourth-order valence-corrected chi connectivity index (χ4v) is 4.67. The third-order valence-corrected chi connectivity index (χ3v) is 6.14. The molecule has 0 radical (unpaired) electrons. The van der Waals surface area contributed by atoms with Gasteiger partial charge < -0.3 is 0 Å². The summed E-state index contributed by atoms with van der Waals surface area (Å²) in [6, 6.07) is 0.